The van der Waals surface area contributed by atoms with Gasteiger partial charge in [0.1, 0.15) is 18.1 Å². The maximum atomic E-state index is 10.0. The van der Waals surface area contributed by atoms with E-state index in [4.69, 9.17) is 9.47 Å². The first-order chi connectivity index (χ1) is 9.52. The van der Waals surface area contributed by atoms with Gasteiger partial charge in [0.15, 0.2) is 0 Å². The van der Waals surface area contributed by atoms with Crippen LogP contribution in [-0.4, -0.2) is 31.0 Å². The van der Waals surface area contributed by atoms with E-state index in [1.807, 2.05) is 25.1 Å². The molecule has 0 aliphatic heterocycles. The van der Waals surface area contributed by atoms with E-state index >= 15 is 0 Å². The minimum Gasteiger partial charge on any atom is -0.497 e. The second-order valence-corrected chi connectivity index (χ2v) is 5.29. The molecule has 1 aromatic rings. The summed E-state index contributed by atoms with van der Waals surface area (Å²) in [5.41, 5.74) is 0.267. The number of benzene rings is 1. The molecule has 0 aromatic heterocycles. The van der Waals surface area contributed by atoms with E-state index in [2.05, 4.69) is 12.2 Å². The van der Waals surface area contributed by atoms with Gasteiger partial charge in [-0.1, -0.05) is 19.9 Å². The molecule has 0 fully saturated rings. The Morgan fingerprint density at radius 2 is 2.05 bits per heavy atom. The van der Waals surface area contributed by atoms with Gasteiger partial charge in [0.2, 0.25) is 0 Å². The number of hydrogen-bond donors (Lipinski definition) is 2. The summed E-state index contributed by atoms with van der Waals surface area (Å²) in [6, 6.07) is 5.79. The summed E-state index contributed by atoms with van der Waals surface area (Å²) in [7, 11) is 1.64. The van der Waals surface area contributed by atoms with Crippen LogP contribution < -0.4 is 14.8 Å². The van der Waals surface area contributed by atoms with Crippen LogP contribution in [0.4, 0.5) is 0 Å². The first-order valence-corrected chi connectivity index (χ1v) is 7.25. The molecular weight excluding hydrogens is 254 g/mol. The molecule has 0 bridgehead atoms. The Morgan fingerprint density at radius 1 is 1.30 bits per heavy atom. The summed E-state index contributed by atoms with van der Waals surface area (Å²) < 4.78 is 11.0. The van der Waals surface area contributed by atoms with Crippen molar-refractivity contribution in [1.29, 1.82) is 0 Å². The van der Waals surface area contributed by atoms with Gasteiger partial charge in [-0.05, 0) is 32.4 Å². The molecule has 20 heavy (non-hydrogen) atoms. The van der Waals surface area contributed by atoms with Crippen molar-refractivity contribution in [2.75, 3.05) is 20.3 Å². The summed E-state index contributed by atoms with van der Waals surface area (Å²) in [6.07, 6.45) is 1.75. The number of aliphatic hydroxyl groups is 1. The average molecular weight is 281 g/mol. The predicted molar refractivity (Wildman–Crippen MR) is 81.4 cm³/mol. The van der Waals surface area contributed by atoms with Crippen molar-refractivity contribution < 1.29 is 14.6 Å². The predicted octanol–water partition coefficient (Wildman–Crippen LogP) is 2.73. The first-order valence-electron chi connectivity index (χ1n) is 7.25. The van der Waals surface area contributed by atoms with Crippen LogP contribution in [0.3, 0.4) is 0 Å². The second kappa shape index (κ2) is 8.12. The van der Waals surface area contributed by atoms with E-state index in [-0.39, 0.29) is 6.61 Å². The number of rotatable bonds is 9. The fourth-order valence-electron chi connectivity index (χ4n) is 1.68. The molecule has 0 saturated heterocycles. The molecule has 1 atom stereocenters. The Labute approximate surface area is 122 Å². The minimum atomic E-state index is -0.808. The Morgan fingerprint density at radius 3 is 2.65 bits per heavy atom. The molecule has 4 nitrogen and oxygen atoms in total. The highest BCUT2D eigenvalue weighted by atomic mass is 16.5. The SMILES string of the molecule is CCCNCc1ccc(OC)cc1OCC(C)(O)CC. The van der Waals surface area contributed by atoms with Gasteiger partial charge in [-0.2, -0.15) is 0 Å². The smallest absolute Gasteiger partial charge is 0.127 e. The van der Waals surface area contributed by atoms with Crippen molar-refractivity contribution in [1.82, 2.24) is 5.32 Å². The summed E-state index contributed by atoms with van der Waals surface area (Å²) in [5.74, 6) is 1.53. The van der Waals surface area contributed by atoms with Gasteiger partial charge in [0.25, 0.3) is 0 Å². The quantitative estimate of drug-likeness (QED) is 0.683. The lowest BCUT2D eigenvalue weighted by Crippen LogP contribution is -2.31. The Bertz CT molecular complexity index is 405. The van der Waals surface area contributed by atoms with Crippen LogP contribution in [0.25, 0.3) is 0 Å². The van der Waals surface area contributed by atoms with E-state index in [1.54, 1.807) is 14.0 Å². The van der Waals surface area contributed by atoms with Crippen molar-refractivity contribution >= 4 is 0 Å². The minimum absolute atomic E-state index is 0.275. The zero-order valence-corrected chi connectivity index (χ0v) is 13.0. The van der Waals surface area contributed by atoms with Gasteiger partial charge in [-0.3, -0.25) is 0 Å². The highest BCUT2D eigenvalue weighted by Crippen LogP contribution is 2.26. The van der Waals surface area contributed by atoms with Crippen molar-refractivity contribution in [3.8, 4) is 11.5 Å². The van der Waals surface area contributed by atoms with Gasteiger partial charge < -0.3 is 19.9 Å². The average Bonchev–Trinajstić information content (AvgIpc) is 2.46. The summed E-state index contributed by atoms with van der Waals surface area (Å²) in [6.45, 7) is 7.86. The van der Waals surface area contributed by atoms with Crippen molar-refractivity contribution in [3.63, 3.8) is 0 Å². The Kier molecular flexibility index (Phi) is 6.82. The number of hydrogen-bond acceptors (Lipinski definition) is 4. The number of ether oxygens (including phenoxy) is 2. The van der Waals surface area contributed by atoms with E-state index in [9.17, 15) is 5.11 Å². The topological polar surface area (TPSA) is 50.7 Å². The third kappa shape index (κ3) is 5.39. The third-order valence-corrected chi connectivity index (χ3v) is 3.32. The molecular formula is C16H27NO3. The third-order valence-electron chi connectivity index (χ3n) is 3.32. The zero-order valence-electron chi connectivity index (χ0n) is 13.0. The van der Waals surface area contributed by atoms with Crippen molar-refractivity contribution in [2.24, 2.45) is 0 Å². The molecule has 114 valence electrons. The molecule has 0 saturated carbocycles. The van der Waals surface area contributed by atoms with E-state index in [1.165, 1.54) is 0 Å². The molecule has 0 aliphatic rings. The van der Waals surface area contributed by atoms with Crippen molar-refractivity contribution in [2.45, 2.75) is 45.8 Å². The van der Waals surface area contributed by atoms with Crippen LogP contribution in [0.1, 0.15) is 39.2 Å². The highest BCUT2D eigenvalue weighted by molar-refractivity contribution is 5.40. The fraction of sp³-hybridized carbons (Fsp3) is 0.625. The molecule has 0 aliphatic carbocycles. The highest BCUT2D eigenvalue weighted by Gasteiger charge is 2.19. The molecule has 0 spiro atoms. The maximum Gasteiger partial charge on any atom is 0.127 e. The maximum absolute atomic E-state index is 10.0. The standard InChI is InChI=1S/C16H27NO3/c1-5-9-17-11-13-7-8-14(19-4)10-15(13)20-12-16(3,18)6-2/h7-8,10,17-18H,5-6,9,11-12H2,1-4H3. The van der Waals surface area contributed by atoms with Gasteiger partial charge in [0.05, 0.1) is 12.7 Å². The van der Waals surface area contributed by atoms with E-state index in [0.29, 0.717) is 6.42 Å². The molecule has 0 radical (unpaired) electrons. The second-order valence-electron chi connectivity index (χ2n) is 5.29. The van der Waals surface area contributed by atoms with Gasteiger partial charge in [-0.15, -0.1) is 0 Å². The van der Waals surface area contributed by atoms with Crippen LogP contribution >= 0.6 is 0 Å². The monoisotopic (exact) mass is 281 g/mol. The van der Waals surface area contributed by atoms with Crippen LogP contribution in [0.15, 0.2) is 18.2 Å². The van der Waals surface area contributed by atoms with E-state index < -0.39 is 5.60 Å². The Hall–Kier alpha value is -1.26. The molecule has 1 unspecified atom stereocenters. The van der Waals surface area contributed by atoms with Gasteiger partial charge in [0, 0.05) is 18.2 Å². The Balaban J connectivity index is 2.77. The van der Waals surface area contributed by atoms with Crippen molar-refractivity contribution in [3.05, 3.63) is 23.8 Å². The van der Waals surface area contributed by atoms with E-state index in [0.717, 1.165) is 36.6 Å². The molecule has 0 amide bonds. The lowest BCUT2D eigenvalue weighted by atomic mass is 10.1. The van der Waals surface area contributed by atoms with Crippen LogP contribution in [0.2, 0.25) is 0 Å². The molecule has 1 aromatic carbocycles. The zero-order chi connectivity index (χ0) is 15.0. The first kappa shape index (κ1) is 16.8. The normalized spacial score (nSPS) is 13.8. The number of nitrogens with one attached hydrogen (secondary N) is 1. The van der Waals surface area contributed by atoms with Crippen LogP contribution in [0, 0.1) is 0 Å². The van der Waals surface area contributed by atoms with Crippen LogP contribution in [0.5, 0.6) is 11.5 Å². The number of methoxy groups -OCH3 is 1. The molecule has 0 heterocycles. The molecule has 1 rings (SSSR count). The lowest BCUT2D eigenvalue weighted by molar-refractivity contribution is 0.00809. The van der Waals surface area contributed by atoms with Gasteiger partial charge >= 0.3 is 0 Å². The molecule has 2 N–H and O–H groups in total. The molecule has 4 heteroatoms. The van der Waals surface area contributed by atoms with Crippen LogP contribution in [-0.2, 0) is 6.54 Å². The fourth-order valence-corrected chi connectivity index (χ4v) is 1.68. The summed E-state index contributed by atoms with van der Waals surface area (Å²) in [5, 5.41) is 13.4. The summed E-state index contributed by atoms with van der Waals surface area (Å²) in [4.78, 5) is 0. The largest absolute Gasteiger partial charge is 0.497 e. The lowest BCUT2D eigenvalue weighted by Gasteiger charge is -2.23. The van der Waals surface area contributed by atoms with Gasteiger partial charge in [-0.25, -0.2) is 0 Å². The summed E-state index contributed by atoms with van der Waals surface area (Å²) >= 11 is 0.